The summed E-state index contributed by atoms with van der Waals surface area (Å²) in [6.45, 7) is 2.10. The van der Waals surface area contributed by atoms with Gasteiger partial charge in [0.05, 0.1) is 11.0 Å². The van der Waals surface area contributed by atoms with Crippen LogP contribution in [0, 0.1) is 0 Å². The van der Waals surface area contributed by atoms with Crippen molar-refractivity contribution in [1.82, 2.24) is 9.55 Å². The molecular weight excluding hydrogens is 290 g/mol. The summed E-state index contributed by atoms with van der Waals surface area (Å²) in [5.74, 6) is -0.230. The van der Waals surface area contributed by atoms with Crippen LogP contribution < -0.4 is 11.4 Å². The van der Waals surface area contributed by atoms with Crippen LogP contribution in [0.4, 0.5) is 5.69 Å². The first-order chi connectivity index (χ1) is 11.1. The van der Waals surface area contributed by atoms with Gasteiger partial charge in [-0.1, -0.05) is 31.2 Å². The summed E-state index contributed by atoms with van der Waals surface area (Å²) in [7, 11) is 0. The van der Waals surface area contributed by atoms with Gasteiger partial charge in [0.1, 0.15) is 0 Å². The van der Waals surface area contributed by atoms with Crippen LogP contribution in [0.1, 0.15) is 29.3 Å². The molecule has 0 unspecified atom stereocenters. The standard InChI is InChI=1S/C18H19N3O2/c1-2-12-3-5-13(6-4-12)7-10-17(22)21-16-11-14(19)8-9-15(16)20-18(21)23/h3-6,8-9,11H,2,7,10,19H2,1H3,(H,20,23). The molecule has 1 heterocycles. The van der Waals surface area contributed by atoms with Crippen molar-refractivity contribution >= 4 is 22.6 Å². The van der Waals surface area contributed by atoms with Gasteiger partial charge in [-0.3, -0.25) is 4.79 Å². The van der Waals surface area contributed by atoms with Gasteiger partial charge in [-0.25, -0.2) is 9.36 Å². The van der Waals surface area contributed by atoms with Gasteiger partial charge in [0, 0.05) is 12.1 Å². The second kappa shape index (κ2) is 6.12. The zero-order valence-electron chi connectivity index (χ0n) is 13.0. The lowest BCUT2D eigenvalue weighted by Gasteiger charge is -2.04. The first-order valence-corrected chi connectivity index (χ1v) is 7.69. The zero-order chi connectivity index (χ0) is 16.4. The maximum atomic E-state index is 12.5. The Morgan fingerprint density at radius 2 is 1.83 bits per heavy atom. The lowest BCUT2D eigenvalue weighted by Crippen LogP contribution is -2.24. The van der Waals surface area contributed by atoms with Crippen LogP contribution >= 0.6 is 0 Å². The highest BCUT2D eigenvalue weighted by atomic mass is 16.2. The summed E-state index contributed by atoms with van der Waals surface area (Å²) in [5, 5.41) is 0. The molecule has 0 amide bonds. The van der Waals surface area contributed by atoms with E-state index in [0.29, 0.717) is 23.1 Å². The summed E-state index contributed by atoms with van der Waals surface area (Å²) < 4.78 is 1.17. The van der Waals surface area contributed by atoms with Gasteiger partial charge < -0.3 is 10.7 Å². The van der Waals surface area contributed by atoms with Gasteiger partial charge in [0.15, 0.2) is 0 Å². The van der Waals surface area contributed by atoms with E-state index in [-0.39, 0.29) is 12.3 Å². The highest BCUT2D eigenvalue weighted by molar-refractivity contribution is 5.91. The van der Waals surface area contributed by atoms with E-state index in [0.717, 1.165) is 12.0 Å². The number of aromatic amines is 1. The first kappa shape index (κ1) is 15.1. The fourth-order valence-electron chi connectivity index (χ4n) is 2.67. The number of imidazole rings is 1. The van der Waals surface area contributed by atoms with Crippen molar-refractivity contribution in [3.63, 3.8) is 0 Å². The van der Waals surface area contributed by atoms with Crippen LogP contribution in [0.25, 0.3) is 11.0 Å². The van der Waals surface area contributed by atoms with Crippen molar-refractivity contribution in [2.75, 3.05) is 5.73 Å². The summed E-state index contributed by atoms with van der Waals surface area (Å²) in [4.78, 5) is 27.2. The molecule has 0 aliphatic carbocycles. The molecule has 0 saturated heterocycles. The second-order valence-electron chi connectivity index (χ2n) is 5.61. The Morgan fingerprint density at radius 1 is 1.13 bits per heavy atom. The van der Waals surface area contributed by atoms with Gasteiger partial charge >= 0.3 is 5.69 Å². The number of nitrogens with two attached hydrogens (primary N) is 1. The largest absolute Gasteiger partial charge is 0.399 e. The molecule has 0 fully saturated rings. The van der Waals surface area contributed by atoms with Crippen LogP contribution in [0.5, 0.6) is 0 Å². The highest BCUT2D eigenvalue weighted by Crippen LogP contribution is 2.15. The highest BCUT2D eigenvalue weighted by Gasteiger charge is 2.14. The molecule has 0 atom stereocenters. The Bertz CT molecular complexity index is 904. The van der Waals surface area contributed by atoms with Crippen molar-refractivity contribution in [3.05, 3.63) is 64.1 Å². The monoisotopic (exact) mass is 309 g/mol. The van der Waals surface area contributed by atoms with E-state index in [1.807, 2.05) is 12.1 Å². The number of aryl methyl sites for hydroxylation is 2. The average molecular weight is 309 g/mol. The second-order valence-corrected chi connectivity index (χ2v) is 5.61. The fraction of sp³-hybridized carbons (Fsp3) is 0.222. The number of hydrogen-bond acceptors (Lipinski definition) is 3. The predicted molar refractivity (Wildman–Crippen MR) is 91.7 cm³/mol. The molecule has 2 aromatic carbocycles. The van der Waals surface area contributed by atoms with E-state index < -0.39 is 5.69 Å². The van der Waals surface area contributed by atoms with Gasteiger partial charge in [-0.15, -0.1) is 0 Å². The van der Waals surface area contributed by atoms with Crippen molar-refractivity contribution in [2.45, 2.75) is 26.2 Å². The van der Waals surface area contributed by atoms with E-state index in [1.165, 1.54) is 10.1 Å². The van der Waals surface area contributed by atoms with Crippen molar-refractivity contribution in [1.29, 1.82) is 0 Å². The molecule has 5 nitrogen and oxygen atoms in total. The fourth-order valence-corrected chi connectivity index (χ4v) is 2.67. The SMILES string of the molecule is CCc1ccc(CCC(=O)n2c(=O)[nH]c3ccc(N)cc32)cc1. The topological polar surface area (TPSA) is 80.9 Å². The summed E-state index contributed by atoms with van der Waals surface area (Å²) in [5.41, 5.74) is 9.35. The molecule has 0 radical (unpaired) electrons. The Balaban J connectivity index is 1.81. The quantitative estimate of drug-likeness (QED) is 0.727. The Morgan fingerprint density at radius 3 is 2.52 bits per heavy atom. The molecule has 3 N–H and O–H groups in total. The van der Waals surface area contributed by atoms with Gasteiger partial charge in [0.25, 0.3) is 0 Å². The third kappa shape index (κ3) is 3.04. The number of anilines is 1. The van der Waals surface area contributed by atoms with Gasteiger partial charge in [-0.05, 0) is 42.2 Å². The number of nitrogens with zero attached hydrogens (tertiary/aromatic N) is 1. The van der Waals surface area contributed by atoms with Crippen molar-refractivity contribution in [3.8, 4) is 0 Å². The minimum atomic E-state index is -0.420. The van der Waals surface area contributed by atoms with E-state index in [1.54, 1.807) is 18.2 Å². The molecule has 23 heavy (non-hydrogen) atoms. The number of aromatic nitrogens is 2. The van der Waals surface area contributed by atoms with Crippen LogP contribution in [0.2, 0.25) is 0 Å². The number of rotatable bonds is 4. The number of fused-ring (bicyclic) bond motifs is 1. The molecule has 0 saturated carbocycles. The number of nitrogen functional groups attached to an aromatic ring is 1. The van der Waals surface area contributed by atoms with E-state index in [9.17, 15) is 9.59 Å². The molecule has 3 aromatic rings. The van der Waals surface area contributed by atoms with E-state index >= 15 is 0 Å². The maximum Gasteiger partial charge on any atom is 0.333 e. The van der Waals surface area contributed by atoms with Crippen LogP contribution in [-0.4, -0.2) is 15.5 Å². The average Bonchev–Trinajstić information content (AvgIpc) is 2.88. The summed E-state index contributed by atoms with van der Waals surface area (Å²) >= 11 is 0. The van der Waals surface area contributed by atoms with Crippen molar-refractivity contribution in [2.24, 2.45) is 0 Å². The number of carbonyl (C=O) groups excluding carboxylic acids is 1. The Kier molecular flexibility index (Phi) is 4.02. The smallest absolute Gasteiger partial charge is 0.333 e. The van der Waals surface area contributed by atoms with Crippen LogP contribution in [0.15, 0.2) is 47.3 Å². The van der Waals surface area contributed by atoms with Crippen LogP contribution in [-0.2, 0) is 12.8 Å². The molecule has 1 aromatic heterocycles. The number of nitrogens with one attached hydrogen (secondary N) is 1. The summed E-state index contributed by atoms with van der Waals surface area (Å²) in [6.07, 6.45) is 1.86. The summed E-state index contributed by atoms with van der Waals surface area (Å²) in [6, 6.07) is 13.2. The first-order valence-electron chi connectivity index (χ1n) is 7.69. The molecule has 5 heteroatoms. The Labute approximate surface area is 133 Å². The number of benzene rings is 2. The molecular formula is C18H19N3O2. The minimum Gasteiger partial charge on any atom is -0.399 e. The van der Waals surface area contributed by atoms with Crippen LogP contribution in [0.3, 0.4) is 0 Å². The molecule has 118 valence electrons. The third-order valence-electron chi connectivity index (χ3n) is 4.02. The Hall–Kier alpha value is -2.82. The predicted octanol–water partition coefficient (Wildman–Crippen LogP) is 2.75. The van der Waals surface area contributed by atoms with E-state index in [2.05, 4.69) is 24.0 Å². The molecule has 0 bridgehead atoms. The van der Waals surface area contributed by atoms with E-state index in [4.69, 9.17) is 5.73 Å². The van der Waals surface area contributed by atoms with Gasteiger partial charge in [0.2, 0.25) is 5.91 Å². The van der Waals surface area contributed by atoms with Gasteiger partial charge in [-0.2, -0.15) is 0 Å². The lowest BCUT2D eigenvalue weighted by atomic mass is 10.1. The molecule has 0 aliphatic rings. The number of carbonyl (C=O) groups is 1. The zero-order valence-corrected chi connectivity index (χ0v) is 13.0. The normalized spacial score (nSPS) is 11.0. The molecule has 0 aliphatic heterocycles. The molecule has 3 rings (SSSR count). The maximum absolute atomic E-state index is 12.5. The number of hydrogen-bond donors (Lipinski definition) is 2. The minimum absolute atomic E-state index is 0.230. The molecule has 0 spiro atoms. The van der Waals surface area contributed by atoms with Crippen molar-refractivity contribution < 1.29 is 4.79 Å². The third-order valence-corrected chi connectivity index (χ3v) is 4.02. The lowest BCUT2D eigenvalue weighted by molar-refractivity contribution is 0.0904. The number of H-pyrrole nitrogens is 1.